The van der Waals surface area contributed by atoms with Crippen LogP contribution in [0, 0.1) is 5.41 Å². The van der Waals surface area contributed by atoms with Crippen LogP contribution in [0.5, 0.6) is 0 Å². The summed E-state index contributed by atoms with van der Waals surface area (Å²) in [6.07, 6.45) is 2.65. The van der Waals surface area contributed by atoms with E-state index in [-0.39, 0.29) is 6.54 Å². The Morgan fingerprint density at radius 1 is 1.27 bits per heavy atom. The fourth-order valence-electron chi connectivity index (χ4n) is 2.62. The van der Waals surface area contributed by atoms with Crippen LogP contribution in [-0.4, -0.2) is 60.7 Å². The third-order valence-electron chi connectivity index (χ3n) is 3.86. The smallest absolute Gasteiger partial charge is 0.443 e. The Bertz CT molecular complexity index is 694. The van der Waals surface area contributed by atoms with Gasteiger partial charge in [-0.3, -0.25) is 0 Å². The van der Waals surface area contributed by atoms with Crippen molar-refractivity contribution in [2.24, 2.45) is 5.41 Å². The lowest BCUT2D eigenvalue weighted by Crippen LogP contribution is -2.56. The van der Waals surface area contributed by atoms with Crippen LogP contribution in [0.15, 0.2) is 12.0 Å². The van der Waals surface area contributed by atoms with Gasteiger partial charge in [0.1, 0.15) is 5.60 Å². The average Bonchev–Trinajstić information content (AvgIpc) is 2.40. The number of alkyl halides is 3. The van der Waals surface area contributed by atoms with Gasteiger partial charge in [-0.2, -0.15) is 21.6 Å². The van der Waals surface area contributed by atoms with Crippen LogP contribution in [0.25, 0.3) is 0 Å². The number of rotatable bonds is 3. The summed E-state index contributed by atoms with van der Waals surface area (Å²) in [7, 11) is -5.90. The molecule has 0 bridgehead atoms. The first-order chi connectivity index (χ1) is 11.7. The molecule has 2 rings (SSSR count). The molecule has 0 aliphatic carbocycles. The van der Waals surface area contributed by atoms with Crippen molar-refractivity contribution in [3.8, 4) is 0 Å². The van der Waals surface area contributed by atoms with Crippen LogP contribution >= 0.6 is 11.9 Å². The third-order valence-corrected chi connectivity index (χ3v) is 5.59. The minimum absolute atomic E-state index is 0.00363. The van der Waals surface area contributed by atoms with Gasteiger partial charge in [0.2, 0.25) is 5.88 Å². The lowest BCUT2D eigenvalue weighted by atomic mass is 9.77. The largest absolute Gasteiger partial charge is 0.534 e. The molecule has 2 aliphatic heterocycles. The molecule has 1 amide bonds. The molecule has 0 saturated carbocycles. The highest BCUT2D eigenvalue weighted by molar-refractivity contribution is 7.96. The van der Waals surface area contributed by atoms with Gasteiger partial charge in [-0.15, -0.1) is 0 Å². The molecule has 0 aromatic carbocycles. The number of carbonyl (C=O) groups excluding carboxylic acids is 1. The fraction of sp³-hybridized carbons (Fsp3) is 0.786. The molecule has 1 saturated heterocycles. The lowest BCUT2D eigenvalue weighted by molar-refractivity contribution is -0.0553. The minimum atomic E-state index is -5.90. The molecule has 2 aliphatic rings. The number of nitrogens with zero attached hydrogens (tertiary/aromatic N) is 2. The molecule has 7 nitrogen and oxygen atoms in total. The van der Waals surface area contributed by atoms with Gasteiger partial charge >= 0.3 is 21.7 Å². The summed E-state index contributed by atoms with van der Waals surface area (Å²) in [5.74, 6) is -0.663. The second-order valence-corrected chi connectivity index (χ2v) is 9.61. The number of hydrogen-bond acceptors (Lipinski definition) is 7. The quantitative estimate of drug-likeness (QED) is 0.396. The van der Waals surface area contributed by atoms with Gasteiger partial charge in [0, 0.05) is 25.0 Å². The molecule has 26 heavy (non-hydrogen) atoms. The number of amides is 1. The molecule has 0 unspecified atom stereocenters. The third kappa shape index (κ3) is 4.58. The lowest BCUT2D eigenvalue weighted by Gasteiger charge is -2.50. The van der Waals surface area contributed by atoms with Crippen molar-refractivity contribution in [2.45, 2.75) is 38.3 Å². The summed E-state index contributed by atoms with van der Waals surface area (Å²) in [4.78, 5) is 13.1. The van der Waals surface area contributed by atoms with Crippen LogP contribution in [0.3, 0.4) is 0 Å². The molecule has 150 valence electrons. The zero-order chi connectivity index (χ0) is 20.0. The first-order valence-electron chi connectivity index (χ1n) is 7.71. The summed E-state index contributed by atoms with van der Waals surface area (Å²) >= 11 is 1.47. The van der Waals surface area contributed by atoms with Crippen LogP contribution in [0.4, 0.5) is 18.0 Å². The second kappa shape index (κ2) is 6.79. The van der Waals surface area contributed by atoms with Crippen molar-refractivity contribution in [2.75, 3.05) is 25.9 Å². The standard InChI is InChI=1S/C14H21F3N2O5S2/c1-12(2,3)23-11(20)19-6-5-13(8-18(9-13)25-4)7-10(19)24-26(21,22)14(15,16)17/h7H,5-6,8-9H2,1-4H3. The SMILES string of the molecule is CSN1CC2(C=C(OS(=O)(=O)C(F)(F)F)N(C(=O)OC(C)(C)C)CC2)C1. The van der Waals surface area contributed by atoms with E-state index in [2.05, 4.69) is 4.18 Å². The van der Waals surface area contributed by atoms with E-state index < -0.39 is 38.6 Å². The van der Waals surface area contributed by atoms with Crippen LogP contribution in [0.2, 0.25) is 0 Å². The maximum atomic E-state index is 12.7. The van der Waals surface area contributed by atoms with E-state index in [9.17, 15) is 26.4 Å². The Balaban J connectivity index is 2.31. The number of carbonyl (C=O) groups is 1. The molecule has 12 heteroatoms. The van der Waals surface area contributed by atoms with Crippen molar-refractivity contribution in [3.05, 3.63) is 12.0 Å². The Kier molecular flexibility index (Phi) is 5.52. The number of ether oxygens (including phenoxy) is 1. The van der Waals surface area contributed by atoms with Crippen LogP contribution in [0.1, 0.15) is 27.2 Å². The van der Waals surface area contributed by atoms with E-state index >= 15 is 0 Å². The van der Waals surface area contributed by atoms with Gasteiger partial charge < -0.3 is 8.92 Å². The summed E-state index contributed by atoms with van der Waals surface area (Å²) in [6.45, 7) is 5.82. The molecule has 0 aromatic heterocycles. The summed E-state index contributed by atoms with van der Waals surface area (Å²) in [5, 5.41) is 0. The molecule has 0 radical (unpaired) electrons. The molecule has 1 fully saturated rings. The second-order valence-electron chi connectivity index (χ2n) is 7.19. The van der Waals surface area contributed by atoms with Gasteiger partial charge in [0.05, 0.1) is 0 Å². The summed E-state index contributed by atoms with van der Waals surface area (Å²) in [5.41, 5.74) is -7.02. The Morgan fingerprint density at radius 2 is 1.85 bits per heavy atom. The van der Waals surface area contributed by atoms with E-state index in [4.69, 9.17) is 4.74 Å². The number of hydrogen-bond donors (Lipinski definition) is 0. The first kappa shape index (κ1) is 21.2. The van der Waals surface area contributed by atoms with Gasteiger partial charge in [0.25, 0.3) is 0 Å². The van der Waals surface area contributed by atoms with Crippen molar-refractivity contribution in [3.63, 3.8) is 0 Å². The minimum Gasteiger partial charge on any atom is -0.443 e. The van der Waals surface area contributed by atoms with Crippen molar-refractivity contribution in [1.29, 1.82) is 0 Å². The first-order valence-corrected chi connectivity index (χ1v) is 10.3. The van der Waals surface area contributed by atoms with E-state index in [0.29, 0.717) is 19.5 Å². The normalized spacial score (nSPS) is 21.2. The molecule has 0 N–H and O–H groups in total. The van der Waals surface area contributed by atoms with Gasteiger partial charge in [-0.05, 0) is 39.5 Å². The van der Waals surface area contributed by atoms with E-state index in [1.165, 1.54) is 18.0 Å². The maximum absolute atomic E-state index is 12.7. The molecule has 0 atom stereocenters. The predicted octanol–water partition coefficient (Wildman–Crippen LogP) is 2.91. The fourth-order valence-corrected chi connectivity index (χ4v) is 3.85. The van der Waals surface area contributed by atoms with Crippen LogP contribution in [-0.2, 0) is 19.0 Å². The molecular weight excluding hydrogens is 397 g/mol. The Labute approximate surface area is 154 Å². The molecule has 1 spiro atoms. The summed E-state index contributed by atoms with van der Waals surface area (Å²) < 4.78 is 72.4. The maximum Gasteiger partial charge on any atom is 0.534 e. The van der Waals surface area contributed by atoms with Crippen LogP contribution < -0.4 is 0 Å². The monoisotopic (exact) mass is 418 g/mol. The molecule has 0 aromatic rings. The summed E-state index contributed by atoms with van der Waals surface area (Å²) in [6, 6.07) is 0. The van der Waals surface area contributed by atoms with Crippen molar-refractivity contribution < 1.29 is 35.3 Å². The van der Waals surface area contributed by atoms with Crippen molar-refractivity contribution in [1.82, 2.24) is 9.21 Å². The Morgan fingerprint density at radius 3 is 2.31 bits per heavy atom. The highest BCUT2D eigenvalue weighted by Crippen LogP contribution is 2.43. The zero-order valence-corrected chi connectivity index (χ0v) is 16.4. The average molecular weight is 418 g/mol. The highest BCUT2D eigenvalue weighted by atomic mass is 32.2. The van der Waals surface area contributed by atoms with E-state index in [0.717, 1.165) is 4.90 Å². The zero-order valence-electron chi connectivity index (χ0n) is 14.8. The Hall–Kier alpha value is -1.14. The molecule has 2 heterocycles. The van der Waals surface area contributed by atoms with Crippen molar-refractivity contribution >= 4 is 28.2 Å². The molecular formula is C14H21F3N2O5S2. The van der Waals surface area contributed by atoms with Gasteiger partial charge in [0.15, 0.2) is 0 Å². The van der Waals surface area contributed by atoms with Gasteiger partial charge in [-0.1, -0.05) is 11.9 Å². The van der Waals surface area contributed by atoms with E-state index in [1.807, 2.05) is 10.6 Å². The topological polar surface area (TPSA) is 76.2 Å². The predicted molar refractivity (Wildman–Crippen MR) is 89.2 cm³/mol. The number of halogens is 3. The van der Waals surface area contributed by atoms with Gasteiger partial charge in [-0.25, -0.2) is 14.0 Å². The van der Waals surface area contributed by atoms with E-state index in [1.54, 1.807) is 20.8 Å². The highest BCUT2D eigenvalue weighted by Gasteiger charge is 2.52.